The van der Waals surface area contributed by atoms with Crippen LogP contribution in [-0.4, -0.2) is 20.7 Å². The number of aryl methyl sites for hydroxylation is 2. The molecule has 3 aromatic rings. The molecule has 6 rings (SSSR count). The highest BCUT2D eigenvalue weighted by molar-refractivity contribution is 5.96. The van der Waals surface area contributed by atoms with Crippen molar-refractivity contribution in [2.24, 2.45) is 18.4 Å². The second-order valence-electron chi connectivity index (χ2n) is 9.13. The van der Waals surface area contributed by atoms with E-state index in [4.69, 9.17) is 0 Å². The molecule has 3 aliphatic carbocycles. The van der Waals surface area contributed by atoms with Crippen molar-refractivity contribution in [3.8, 4) is 0 Å². The Hall–Kier alpha value is -2.69. The second kappa shape index (κ2) is 5.43. The summed E-state index contributed by atoms with van der Waals surface area (Å²) < 4.78 is 1.79. The molecular formula is C23H24N4O. The fourth-order valence-electron chi connectivity index (χ4n) is 4.97. The van der Waals surface area contributed by atoms with Crippen LogP contribution in [0.3, 0.4) is 0 Å². The van der Waals surface area contributed by atoms with Crippen molar-refractivity contribution in [3.63, 3.8) is 0 Å². The average Bonchev–Trinajstić information content (AvgIpc) is 3.60. The third kappa shape index (κ3) is 2.56. The first-order valence-electron chi connectivity index (χ1n) is 10.2. The third-order valence-corrected chi connectivity index (χ3v) is 7.10. The van der Waals surface area contributed by atoms with Crippen LogP contribution in [0.5, 0.6) is 0 Å². The third-order valence-electron chi connectivity index (χ3n) is 7.10. The number of anilines is 1. The molecule has 1 amide bonds. The summed E-state index contributed by atoms with van der Waals surface area (Å²) >= 11 is 0. The number of aromatic nitrogens is 3. The maximum atomic E-state index is 12.7. The molecule has 0 aliphatic heterocycles. The number of benzene rings is 1. The molecule has 0 unspecified atom stereocenters. The normalized spacial score (nSPS) is 26.4. The summed E-state index contributed by atoms with van der Waals surface area (Å²) in [7, 11) is 1.91. The summed E-state index contributed by atoms with van der Waals surface area (Å²) in [5.41, 5.74) is 4.66. The molecule has 5 heteroatoms. The highest BCUT2D eigenvalue weighted by atomic mass is 16.2. The zero-order chi connectivity index (χ0) is 19.0. The topological polar surface area (TPSA) is 59.8 Å². The molecule has 1 spiro atoms. The lowest BCUT2D eigenvalue weighted by atomic mass is 9.98. The molecule has 0 radical (unpaired) electrons. The zero-order valence-electron chi connectivity index (χ0n) is 16.3. The SMILES string of the molecule is Cc1cc2cnc(NC(=O)[C@@H]3C[C@H]3c3cnn(C)c3)cc2cc1[C@@H]1CC12CC2. The number of hydrogen-bond acceptors (Lipinski definition) is 3. The number of nitrogens with zero attached hydrogens (tertiary/aromatic N) is 3. The van der Waals surface area contributed by atoms with E-state index in [2.05, 4.69) is 34.5 Å². The molecule has 142 valence electrons. The van der Waals surface area contributed by atoms with Gasteiger partial charge >= 0.3 is 0 Å². The van der Waals surface area contributed by atoms with Crippen molar-refractivity contribution in [2.75, 3.05) is 5.32 Å². The summed E-state index contributed by atoms with van der Waals surface area (Å²) in [4.78, 5) is 17.1. The number of hydrogen-bond donors (Lipinski definition) is 1. The molecule has 0 bridgehead atoms. The molecule has 28 heavy (non-hydrogen) atoms. The van der Waals surface area contributed by atoms with Crippen LogP contribution >= 0.6 is 0 Å². The summed E-state index contributed by atoms with van der Waals surface area (Å²) in [6.07, 6.45) is 10.8. The Kier molecular flexibility index (Phi) is 3.16. The van der Waals surface area contributed by atoms with Crippen molar-refractivity contribution in [2.45, 2.75) is 44.4 Å². The molecule has 2 heterocycles. The Balaban J connectivity index is 1.22. The van der Waals surface area contributed by atoms with Crippen LogP contribution < -0.4 is 5.32 Å². The summed E-state index contributed by atoms with van der Waals surface area (Å²) in [6.45, 7) is 2.21. The highest BCUT2D eigenvalue weighted by Crippen LogP contribution is 2.75. The van der Waals surface area contributed by atoms with E-state index in [1.54, 1.807) is 4.68 Å². The fourth-order valence-corrected chi connectivity index (χ4v) is 4.97. The molecule has 3 aliphatic rings. The van der Waals surface area contributed by atoms with Gasteiger partial charge in [0.2, 0.25) is 5.91 Å². The molecule has 3 fully saturated rings. The smallest absolute Gasteiger partial charge is 0.229 e. The van der Waals surface area contributed by atoms with Gasteiger partial charge in [0.05, 0.1) is 6.20 Å². The lowest BCUT2D eigenvalue weighted by Gasteiger charge is -2.10. The quantitative estimate of drug-likeness (QED) is 0.743. The number of pyridine rings is 1. The van der Waals surface area contributed by atoms with E-state index >= 15 is 0 Å². The monoisotopic (exact) mass is 372 g/mol. The number of carbonyl (C=O) groups excluding carboxylic acids is 1. The first kappa shape index (κ1) is 16.3. The standard InChI is InChI=1S/C23H24N4O/c1-13-5-15-10-24-21(7-14(15)6-17(13)20-9-23(20)3-4-23)26-22(28)19-8-18(19)16-11-25-27(2)12-16/h5-7,10-12,18-20H,3-4,8-9H2,1-2H3,(H,24,26,28)/t18-,19+,20-/m0/s1. The summed E-state index contributed by atoms with van der Waals surface area (Å²) in [6, 6.07) is 6.60. The maximum absolute atomic E-state index is 12.7. The van der Waals surface area contributed by atoms with Crippen molar-refractivity contribution < 1.29 is 4.79 Å². The molecule has 3 atom stereocenters. The van der Waals surface area contributed by atoms with Gasteiger partial charge in [0.25, 0.3) is 0 Å². The van der Waals surface area contributed by atoms with Crippen molar-refractivity contribution in [1.82, 2.24) is 14.8 Å². The minimum absolute atomic E-state index is 0.0245. The van der Waals surface area contributed by atoms with E-state index in [0.717, 1.165) is 23.3 Å². The van der Waals surface area contributed by atoms with E-state index in [-0.39, 0.29) is 17.7 Å². The van der Waals surface area contributed by atoms with Gasteiger partial charge in [0.1, 0.15) is 5.82 Å². The van der Waals surface area contributed by atoms with Crippen LogP contribution in [0.25, 0.3) is 10.8 Å². The Bertz CT molecular complexity index is 1130. The number of amides is 1. The molecule has 5 nitrogen and oxygen atoms in total. The minimum atomic E-state index is 0.0245. The van der Waals surface area contributed by atoms with Gasteiger partial charge in [0.15, 0.2) is 0 Å². The van der Waals surface area contributed by atoms with Gasteiger partial charge in [-0.25, -0.2) is 4.98 Å². The maximum Gasteiger partial charge on any atom is 0.229 e. The van der Waals surface area contributed by atoms with E-state index in [0.29, 0.717) is 11.2 Å². The largest absolute Gasteiger partial charge is 0.310 e. The summed E-state index contributed by atoms with van der Waals surface area (Å²) in [5, 5.41) is 9.56. The van der Waals surface area contributed by atoms with E-state index in [1.807, 2.05) is 31.7 Å². The first-order valence-corrected chi connectivity index (χ1v) is 10.2. The lowest BCUT2D eigenvalue weighted by molar-refractivity contribution is -0.117. The van der Waals surface area contributed by atoms with Gasteiger partial charge in [-0.2, -0.15) is 5.10 Å². The van der Waals surface area contributed by atoms with Crippen molar-refractivity contribution in [1.29, 1.82) is 0 Å². The van der Waals surface area contributed by atoms with E-state index in [1.165, 1.54) is 35.8 Å². The molecule has 2 aromatic heterocycles. The van der Waals surface area contributed by atoms with Crippen LogP contribution in [0.2, 0.25) is 0 Å². The van der Waals surface area contributed by atoms with Crippen LogP contribution in [-0.2, 0) is 11.8 Å². The summed E-state index contributed by atoms with van der Waals surface area (Å²) in [5.74, 6) is 1.77. The second-order valence-corrected chi connectivity index (χ2v) is 9.13. The highest BCUT2D eigenvalue weighted by Gasteiger charge is 2.63. The Morgan fingerprint density at radius 2 is 2.07 bits per heavy atom. The zero-order valence-corrected chi connectivity index (χ0v) is 16.3. The molecule has 0 saturated heterocycles. The van der Waals surface area contributed by atoms with Crippen molar-refractivity contribution >= 4 is 22.5 Å². The Morgan fingerprint density at radius 3 is 2.79 bits per heavy atom. The van der Waals surface area contributed by atoms with Gasteiger partial charge in [-0.15, -0.1) is 0 Å². The van der Waals surface area contributed by atoms with Gasteiger partial charge < -0.3 is 5.32 Å². The fraction of sp³-hybridized carbons (Fsp3) is 0.435. The minimum Gasteiger partial charge on any atom is -0.310 e. The van der Waals surface area contributed by atoms with Gasteiger partial charge in [-0.05, 0) is 84.1 Å². The van der Waals surface area contributed by atoms with Crippen LogP contribution in [0.4, 0.5) is 5.82 Å². The predicted molar refractivity (Wildman–Crippen MR) is 108 cm³/mol. The van der Waals surface area contributed by atoms with Crippen molar-refractivity contribution in [3.05, 3.63) is 53.5 Å². The number of nitrogens with one attached hydrogen (secondary N) is 1. The van der Waals surface area contributed by atoms with E-state index in [9.17, 15) is 4.79 Å². The molecule has 1 N–H and O–H groups in total. The van der Waals surface area contributed by atoms with Gasteiger partial charge in [-0.3, -0.25) is 9.48 Å². The average molecular weight is 372 g/mol. The van der Waals surface area contributed by atoms with Crippen LogP contribution in [0.15, 0.2) is 36.8 Å². The number of rotatable bonds is 4. The Morgan fingerprint density at radius 1 is 1.21 bits per heavy atom. The number of carbonyl (C=O) groups is 1. The predicted octanol–water partition coefficient (Wildman–Crippen LogP) is 4.29. The van der Waals surface area contributed by atoms with Crippen LogP contribution in [0.1, 0.15) is 54.2 Å². The first-order chi connectivity index (χ1) is 13.5. The molecular weight excluding hydrogens is 348 g/mol. The van der Waals surface area contributed by atoms with Gasteiger partial charge in [0, 0.05) is 30.7 Å². The Labute approximate surface area is 164 Å². The lowest BCUT2D eigenvalue weighted by Crippen LogP contribution is -2.15. The van der Waals surface area contributed by atoms with Gasteiger partial charge in [-0.1, -0.05) is 6.07 Å². The molecule has 3 saturated carbocycles. The number of fused-ring (bicyclic) bond motifs is 1. The van der Waals surface area contributed by atoms with E-state index < -0.39 is 0 Å². The molecule has 1 aromatic carbocycles. The van der Waals surface area contributed by atoms with Crippen LogP contribution in [0, 0.1) is 18.3 Å².